The lowest BCUT2D eigenvalue weighted by molar-refractivity contribution is 0.738. The molecule has 0 aliphatic rings. The molecule has 0 radical (unpaired) electrons. The second kappa shape index (κ2) is 4.94. The zero-order valence-corrected chi connectivity index (χ0v) is 10.3. The molecule has 2 N–H and O–H groups in total. The third-order valence-electron chi connectivity index (χ3n) is 1.78. The lowest BCUT2D eigenvalue weighted by Crippen LogP contribution is -2.09. The van der Waals surface area contributed by atoms with Crippen molar-refractivity contribution >= 4 is 31.9 Å². The molecule has 0 spiro atoms. The molecular formula is C10H11Br2N. The molecule has 3 heteroatoms. The van der Waals surface area contributed by atoms with Gasteiger partial charge >= 0.3 is 0 Å². The average molecular weight is 305 g/mol. The molecular weight excluding hydrogens is 294 g/mol. The standard InChI is InChI=1S/C10H11Br2N/c1-2-3-10(13)8-5-4-7(11)6-9(8)12/h2,4-6,10H,1,3,13H2/t10-/m1/s1. The molecule has 0 amide bonds. The Balaban J connectivity index is 2.94. The van der Waals surface area contributed by atoms with E-state index in [4.69, 9.17) is 5.73 Å². The topological polar surface area (TPSA) is 26.0 Å². The zero-order chi connectivity index (χ0) is 9.84. The van der Waals surface area contributed by atoms with Crippen LogP contribution in [0, 0.1) is 0 Å². The molecule has 1 atom stereocenters. The Labute approximate surface area is 95.3 Å². The average Bonchev–Trinajstić information content (AvgIpc) is 2.04. The summed E-state index contributed by atoms with van der Waals surface area (Å²) in [5, 5.41) is 0. The predicted molar refractivity (Wildman–Crippen MR) is 63.6 cm³/mol. The number of benzene rings is 1. The van der Waals surface area contributed by atoms with E-state index in [2.05, 4.69) is 38.4 Å². The number of rotatable bonds is 3. The zero-order valence-electron chi connectivity index (χ0n) is 7.13. The molecule has 1 nitrogen and oxygen atoms in total. The van der Waals surface area contributed by atoms with Crippen LogP contribution in [0.15, 0.2) is 39.8 Å². The van der Waals surface area contributed by atoms with E-state index in [1.807, 2.05) is 24.3 Å². The van der Waals surface area contributed by atoms with Crippen molar-refractivity contribution in [2.75, 3.05) is 0 Å². The van der Waals surface area contributed by atoms with Crippen molar-refractivity contribution in [3.63, 3.8) is 0 Å². The van der Waals surface area contributed by atoms with E-state index < -0.39 is 0 Å². The molecule has 13 heavy (non-hydrogen) atoms. The second-order valence-electron chi connectivity index (χ2n) is 2.80. The van der Waals surface area contributed by atoms with Crippen LogP contribution in [0.4, 0.5) is 0 Å². The second-order valence-corrected chi connectivity index (χ2v) is 4.57. The maximum atomic E-state index is 5.94. The maximum absolute atomic E-state index is 5.94. The Morgan fingerprint density at radius 2 is 2.15 bits per heavy atom. The van der Waals surface area contributed by atoms with Gasteiger partial charge in [-0.3, -0.25) is 0 Å². The first-order valence-electron chi connectivity index (χ1n) is 3.96. The van der Waals surface area contributed by atoms with E-state index in [-0.39, 0.29) is 6.04 Å². The van der Waals surface area contributed by atoms with Crippen LogP contribution >= 0.6 is 31.9 Å². The van der Waals surface area contributed by atoms with E-state index >= 15 is 0 Å². The van der Waals surface area contributed by atoms with Gasteiger partial charge in [-0.15, -0.1) is 6.58 Å². The largest absolute Gasteiger partial charge is 0.324 e. The molecule has 0 aromatic heterocycles. The summed E-state index contributed by atoms with van der Waals surface area (Å²) in [6.45, 7) is 3.67. The smallest absolute Gasteiger partial charge is 0.0340 e. The van der Waals surface area contributed by atoms with Gasteiger partial charge in [0.25, 0.3) is 0 Å². The Kier molecular flexibility index (Phi) is 4.16. The minimum absolute atomic E-state index is 0.0278. The van der Waals surface area contributed by atoms with Crippen LogP contribution in [0.2, 0.25) is 0 Å². The number of hydrogen-bond acceptors (Lipinski definition) is 1. The fourth-order valence-electron chi connectivity index (χ4n) is 1.11. The third kappa shape index (κ3) is 2.93. The van der Waals surface area contributed by atoms with Gasteiger partial charge in [0.2, 0.25) is 0 Å². The molecule has 1 aromatic rings. The number of nitrogens with two attached hydrogens (primary N) is 1. The summed E-state index contributed by atoms with van der Waals surface area (Å²) in [6, 6.07) is 6.03. The SMILES string of the molecule is C=CC[C@@H](N)c1ccc(Br)cc1Br. The normalized spacial score (nSPS) is 12.5. The predicted octanol–water partition coefficient (Wildman–Crippen LogP) is 3.79. The van der Waals surface area contributed by atoms with Crippen LogP contribution in [0.1, 0.15) is 18.0 Å². The third-order valence-corrected chi connectivity index (χ3v) is 2.96. The van der Waals surface area contributed by atoms with Gasteiger partial charge < -0.3 is 5.73 Å². The van der Waals surface area contributed by atoms with Gasteiger partial charge in [0.1, 0.15) is 0 Å². The summed E-state index contributed by atoms with van der Waals surface area (Å²) in [6.07, 6.45) is 2.62. The highest BCUT2D eigenvalue weighted by Crippen LogP contribution is 2.27. The molecule has 1 rings (SSSR count). The summed E-state index contributed by atoms with van der Waals surface area (Å²) in [5.41, 5.74) is 7.05. The van der Waals surface area contributed by atoms with E-state index in [1.165, 1.54) is 0 Å². The summed E-state index contributed by atoms with van der Waals surface area (Å²) < 4.78 is 2.09. The van der Waals surface area contributed by atoms with Crippen molar-refractivity contribution in [1.82, 2.24) is 0 Å². The molecule has 0 unspecified atom stereocenters. The van der Waals surface area contributed by atoms with Gasteiger partial charge in [0.05, 0.1) is 0 Å². The first-order chi connectivity index (χ1) is 6.15. The molecule has 0 aliphatic heterocycles. The van der Waals surface area contributed by atoms with E-state index in [0.717, 1.165) is 20.9 Å². The maximum Gasteiger partial charge on any atom is 0.0340 e. The highest BCUT2D eigenvalue weighted by atomic mass is 79.9. The first kappa shape index (κ1) is 11.0. The molecule has 0 fully saturated rings. The molecule has 0 saturated carbocycles. The van der Waals surface area contributed by atoms with Crippen molar-refractivity contribution < 1.29 is 0 Å². The lowest BCUT2D eigenvalue weighted by Gasteiger charge is -2.11. The minimum Gasteiger partial charge on any atom is -0.324 e. The van der Waals surface area contributed by atoms with Crippen LogP contribution in [0.3, 0.4) is 0 Å². The summed E-state index contributed by atoms with van der Waals surface area (Å²) in [5.74, 6) is 0. The Morgan fingerprint density at radius 3 is 2.69 bits per heavy atom. The monoisotopic (exact) mass is 303 g/mol. The Hall–Kier alpha value is -0.120. The van der Waals surface area contributed by atoms with Crippen LogP contribution in [-0.4, -0.2) is 0 Å². The number of halogens is 2. The first-order valence-corrected chi connectivity index (χ1v) is 5.55. The highest BCUT2D eigenvalue weighted by molar-refractivity contribution is 9.11. The van der Waals surface area contributed by atoms with Gasteiger partial charge in [0.15, 0.2) is 0 Å². The number of hydrogen-bond donors (Lipinski definition) is 1. The molecule has 0 bridgehead atoms. The fourth-order valence-corrected chi connectivity index (χ4v) is 2.45. The molecule has 0 heterocycles. The van der Waals surface area contributed by atoms with Crippen LogP contribution in [0.25, 0.3) is 0 Å². The van der Waals surface area contributed by atoms with Gasteiger partial charge in [0, 0.05) is 15.0 Å². The fraction of sp³-hybridized carbons (Fsp3) is 0.200. The molecule has 70 valence electrons. The Morgan fingerprint density at radius 1 is 1.46 bits per heavy atom. The minimum atomic E-state index is 0.0278. The summed E-state index contributed by atoms with van der Waals surface area (Å²) in [7, 11) is 0. The summed E-state index contributed by atoms with van der Waals surface area (Å²) in [4.78, 5) is 0. The van der Waals surface area contributed by atoms with Crippen LogP contribution < -0.4 is 5.73 Å². The molecule has 0 aliphatic carbocycles. The summed E-state index contributed by atoms with van der Waals surface area (Å²) >= 11 is 6.87. The van der Waals surface area contributed by atoms with Crippen LogP contribution in [-0.2, 0) is 0 Å². The van der Waals surface area contributed by atoms with Crippen molar-refractivity contribution in [1.29, 1.82) is 0 Å². The van der Waals surface area contributed by atoms with Gasteiger partial charge in [-0.25, -0.2) is 0 Å². The van der Waals surface area contributed by atoms with E-state index in [0.29, 0.717) is 0 Å². The van der Waals surface area contributed by atoms with Crippen LogP contribution in [0.5, 0.6) is 0 Å². The van der Waals surface area contributed by atoms with Gasteiger partial charge in [-0.1, -0.05) is 44.0 Å². The van der Waals surface area contributed by atoms with Crippen molar-refractivity contribution in [2.24, 2.45) is 5.73 Å². The van der Waals surface area contributed by atoms with E-state index in [9.17, 15) is 0 Å². The van der Waals surface area contributed by atoms with Crippen molar-refractivity contribution in [3.05, 3.63) is 45.4 Å². The molecule has 0 saturated heterocycles. The lowest BCUT2D eigenvalue weighted by atomic mass is 10.1. The van der Waals surface area contributed by atoms with E-state index in [1.54, 1.807) is 0 Å². The van der Waals surface area contributed by atoms with Gasteiger partial charge in [-0.05, 0) is 24.1 Å². The van der Waals surface area contributed by atoms with Gasteiger partial charge in [-0.2, -0.15) is 0 Å². The highest BCUT2D eigenvalue weighted by Gasteiger charge is 2.07. The van der Waals surface area contributed by atoms with Crippen molar-refractivity contribution in [2.45, 2.75) is 12.5 Å². The molecule has 1 aromatic carbocycles. The quantitative estimate of drug-likeness (QED) is 0.845. The van der Waals surface area contributed by atoms with Crippen molar-refractivity contribution in [3.8, 4) is 0 Å². The Bertz CT molecular complexity index is 310.